The highest BCUT2D eigenvalue weighted by atomic mass is 19.1. The maximum Gasteiger partial charge on any atom is 0.246 e. The summed E-state index contributed by atoms with van der Waals surface area (Å²) in [7, 11) is 1.86. The molecule has 3 aliphatic heterocycles. The van der Waals surface area contributed by atoms with Crippen molar-refractivity contribution in [3.05, 3.63) is 79.0 Å². The molecule has 12 nitrogen and oxygen atoms in total. The smallest absolute Gasteiger partial charge is 0.246 e. The van der Waals surface area contributed by atoms with Gasteiger partial charge in [-0.3, -0.25) is 9.69 Å². The van der Waals surface area contributed by atoms with Crippen molar-refractivity contribution in [3.63, 3.8) is 0 Å². The fourth-order valence-corrected chi connectivity index (χ4v) is 6.53. The van der Waals surface area contributed by atoms with E-state index >= 15 is 0 Å². The summed E-state index contributed by atoms with van der Waals surface area (Å²) in [6, 6.07) is 13.3. The lowest BCUT2D eigenvalue weighted by Crippen LogP contribution is -2.57. The lowest BCUT2D eigenvalue weighted by atomic mass is 9.96. The van der Waals surface area contributed by atoms with Crippen LogP contribution in [0.4, 0.5) is 21.6 Å². The Hall–Kier alpha value is -5.30. The second kappa shape index (κ2) is 10.9. The van der Waals surface area contributed by atoms with Crippen LogP contribution in [0.15, 0.2) is 73.5 Å². The summed E-state index contributed by atoms with van der Waals surface area (Å²) >= 11 is 0. The number of fused-ring (bicyclic) bond motifs is 7. The first-order valence-electron chi connectivity index (χ1n) is 15.2. The monoisotopic (exact) mass is 621 g/mol. The number of aromatic nitrogens is 5. The maximum atomic E-state index is 14.7. The van der Waals surface area contributed by atoms with Crippen molar-refractivity contribution in [2.75, 3.05) is 56.6 Å². The Bertz CT molecular complexity index is 2010. The number of anilines is 3. The predicted octanol–water partition coefficient (Wildman–Crippen LogP) is 4.14. The van der Waals surface area contributed by atoms with Crippen molar-refractivity contribution in [2.24, 2.45) is 0 Å². The van der Waals surface area contributed by atoms with Gasteiger partial charge in [0.2, 0.25) is 5.91 Å². The zero-order valence-corrected chi connectivity index (χ0v) is 25.4. The molecule has 2 bridgehead atoms. The van der Waals surface area contributed by atoms with Crippen molar-refractivity contribution in [1.82, 2.24) is 34.4 Å². The van der Waals surface area contributed by atoms with Gasteiger partial charge in [0.15, 0.2) is 17.1 Å². The third kappa shape index (κ3) is 5.11. The molecular weight excluding hydrogens is 589 g/mol. The zero-order chi connectivity index (χ0) is 31.4. The number of hydrogen-bond donors (Lipinski definition) is 1. The van der Waals surface area contributed by atoms with Crippen LogP contribution in [-0.2, 0) is 4.79 Å². The first-order valence-corrected chi connectivity index (χ1v) is 15.2. The predicted molar refractivity (Wildman–Crippen MR) is 171 cm³/mol. The minimum atomic E-state index is -1.44. The molecule has 0 unspecified atom stereocenters. The molecule has 2 saturated heterocycles. The Kier molecular flexibility index (Phi) is 6.71. The van der Waals surface area contributed by atoms with Crippen LogP contribution in [0.25, 0.3) is 16.6 Å². The quantitative estimate of drug-likeness (QED) is 0.278. The first kappa shape index (κ1) is 28.2. The normalized spacial score (nSPS) is 19.1. The van der Waals surface area contributed by atoms with E-state index in [-0.39, 0.29) is 11.9 Å². The van der Waals surface area contributed by atoms with Crippen molar-refractivity contribution >= 4 is 39.6 Å². The molecule has 46 heavy (non-hydrogen) atoms. The minimum Gasteiger partial charge on any atom is -0.488 e. The van der Waals surface area contributed by atoms with E-state index in [0.29, 0.717) is 62.3 Å². The molecule has 1 N–H and O–H groups in total. The number of piperazine rings is 1. The van der Waals surface area contributed by atoms with Gasteiger partial charge in [-0.25, -0.2) is 23.9 Å². The molecule has 3 aromatic heterocycles. The molecule has 0 radical (unpaired) electrons. The van der Waals surface area contributed by atoms with Gasteiger partial charge in [-0.1, -0.05) is 0 Å². The molecule has 6 heterocycles. The number of amides is 1. The largest absolute Gasteiger partial charge is 0.488 e. The molecule has 2 aromatic carbocycles. The number of aryl methyl sites for hydroxylation is 1. The summed E-state index contributed by atoms with van der Waals surface area (Å²) in [6.07, 6.45) is 7.64. The average Bonchev–Trinajstić information content (AvgIpc) is 3.46. The minimum absolute atomic E-state index is 0.185. The third-order valence-electron chi connectivity index (χ3n) is 8.77. The molecular formula is C33H32FN9O3. The van der Waals surface area contributed by atoms with Crippen LogP contribution in [-0.4, -0.2) is 98.4 Å². The summed E-state index contributed by atoms with van der Waals surface area (Å²) in [6.45, 7) is 4.65. The number of nitrogens with zero attached hydrogens (tertiary/aromatic N) is 8. The lowest BCUT2D eigenvalue weighted by molar-refractivity contribution is -0.129. The second-order valence-electron chi connectivity index (χ2n) is 12.1. The van der Waals surface area contributed by atoms with Crippen LogP contribution in [0.5, 0.6) is 17.2 Å². The summed E-state index contributed by atoms with van der Waals surface area (Å²) in [5.74, 6) is 2.48. The van der Waals surface area contributed by atoms with Gasteiger partial charge < -0.3 is 24.6 Å². The number of halogens is 1. The van der Waals surface area contributed by atoms with Gasteiger partial charge in [0, 0.05) is 56.8 Å². The van der Waals surface area contributed by atoms with Crippen LogP contribution in [0, 0.1) is 6.92 Å². The van der Waals surface area contributed by atoms with Gasteiger partial charge in [0.05, 0.1) is 22.6 Å². The summed E-state index contributed by atoms with van der Waals surface area (Å²) in [5, 5.41) is 8.35. The maximum absolute atomic E-state index is 14.7. The van der Waals surface area contributed by atoms with Crippen LogP contribution >= 0.6 is 0 Å². The van der Waals surface area contributed by atoms with Gasteiger partial charge in [0.1, 0.15) is 36.6 Å². The molecule has 2 fully saturated rings. The Labute approximate surface area is 264 Å². The van der Waals surface area contributed by atoms with E-state index in [9.17, 15) is 9.18 Å². The van der Waals surface area contributed by atoms with Crippen molar-refractivity contribution in [2.45, 2.75) is 18.6 Å². The Morgan fingerprint density at radius 1 is 1.11 bits per heavy atom. The average molecular weight is 622 g/mol. The number of carbonyl (C=O) groups excluding carboxylic acids is 1. The van der Waals surface area contributed by atoms with E-state index in [0.717, 1.165) is 33.6 Å². The third-order valence-corrected chi connectivity index (χ3v) is 8.77. The summed E-state index contributed by atoms with van der Waals surface area (Å²) in [4.78, 5) is 32.4. The van der Waals surface area contributed by atoms with Crippen molar-refractivity contribution in [1.29, 1.82) is 0 Å². The number of benzene rings is 2. The van der Waals surface area contributed by atoms with Crippen molar-refractivity contribution < 1.29 is 18.7 Å². The van der Waals surface area contributed by atoms with Crippen LogP contribution in [0.1, 0.15) is 5.56 Å². The first-order chi connectivity index (χ1) is 22.3. The molecule has 3 aliphatic rings. The fourth-order valence-electron chi connectivity index (χ4n) is 6.53. The topological polar surface area (TPSA) is 113 Å². The molecule has 8 rings (SSSR count). The van der Waals surface area contributed by atoms with E-state index in [1.807, 2.05) is 61.3 Å². The molecule has 5 aromatic rings. The fraction of sp³-hybridized carbons (Fsp3) is 0.303. The van der Waals surface area contributed by atoms with E-state index in [2.05, 4.69) is 30.3 Å². The number of hydrogen-bond acceptors (Lipinski definition) is 10. The van der Waals surface area contributed by atoms with Gasteiger partial charge in [-0.2, -0.15) is 5.10 Å². The number of carbonyl (C=O) groups is 1. The number of likely N-dealkylation sites (tertiary alicyclic amines) is 1. The SMILES string of the molecule is Cc1cc(Nc2ncnc3ccc4c(c23)OC[C@H]2CN4CCN2C(=O)/C=C/C2(F)CN(C)C2)ccc1Oc1ccn2ncnc2c1. The summed E-state index contributed by atoms with van der Waals surface area (Å²) < 4.78 is 29.0. The molecule has 0 aliphatic carbocycles. The van der Waals surface area contributed by atoms with E-state index in [4.69, 9.17) is 9.47 Å². The lowest BCUT2D eigenvalue weighted by Gasteiger charge is -2.41. The molecule has 1 amide bonds. The number of rotatable bonds is 6. The van der Waals surface area contributed by atoms with E-state index < -0.39 is 5.67 Å². The highest BCUT2D eigenvalue weighted by molar-refractivity contribution is 6.00. The molecule has 1 atom stereocenters. The Morgan fingerprint density at radius 2 is 2.00 bits per heavy atom. The number of alkyl halides is 1. The molecule has 13 heteroatoms. The second-order valence-corrected chi connectivity index (χ2v) is 12.1. The molecule has 0 saturated carbocycles. The number of pyridine rings is 1. The zero-order valence-electron chi connectivity index (χ0n) is 25.4. The van der Waals surface area contributed by atoms with E-state index in [1.54, 1.807) is 15.6 Å². The highest BCUT2D eigenvalue weighted by Crippen LogP contribution is 2.42. The molecule has 234 valence electrons. The molecule has 0 spiro atoms. The van der Waals surface area contributed by atoms with Crippen molar-refractivity contribution in [3.8, 4) is 17.2 Å². The summed E-state index contributed by atoms with van der Waals surface area (Å²) in [5.41, 5.74) is 2.69. The highest BCUT2D eigenvalue weighted by Gasteiger charge is 2.40. The van der Waals surface area contributed by atoms with E-state index in [1.165, 1.54) is 24.8 Å². The number of ether oxygens (including phenoxy) is 2. The van der Waals surface area contributed by atoms with Gasteiger partial charge >= 0.3 is 0 Å². The Balaban J connectivity index is 1.03. The number of nitrogens with one attached hydrogen (secondary N) is 1. The Morgan fingerprint density at radius 3 is 2.85 bits per heavy atom. The van der Waals surface area contributed by atoms with Crippen LogP contribution < -0.4 is 19.7 Å². The van der Waals surface area contributed by atoms with Crippen LogP contribution in [0.3, 0.4) is 0 Å². The van der Waals surface area contributed by atoms with Gasteiger partial charge in [-0.05, 0) is 62.0 Å². The van der Waals surface area contributed by atoms with Gasteiger partial charge in [-0.15, -0.1) is 0 Å². The van der Waals surface area contributed by atoms with Crippen LogP contribution in [0.2, 0.25) is 0 Å². The van der Waals surface area contributed by atoms with Gasteiger partial charge in [0.25, 0.3) is 0 Å². The standard InChI is InChI=1S/C33H32FN9O3/c1-21-13-22(3-6-27(21)46-24-8-10-43-28(14-24)36-20-38-43)39-32-30-25(35-19-37-32)4-5-26-31(30)45-16-23-15-41(26)11-12-42(23)29(44)7-9-33(34)17-40(2)18-33/h3-10,13-14,19-20,23H,11-12,15-18H2,1-2H3,(H,35,37,39)/b9-7+/t23-/m1/s1.